The van der Waals surface area contributed by atoms with Gasteiger partial charge in [-0.2, -0.15) is 0 Å². The molecule has 3 nitrogen and oxygen atoms in total. The van der Waals surface area contributed by atoms with E-state index < -0.39 is 5.82 Å². The first-order valence-electron chi connectivity index (χ1n) is 5.11. The van der Waals surface area contributed by atoms with E-state index in [-0.39, 0.29) is 5.82 Å². The third-order valence-corrected chi connectivity index (χ3v) is 3.57. The van der Waals surface area contributed by atoms with Crippen molar-refractivity contribution < 1.29 is 4.39 Å². The van der Waals surface area contributed by atoms with Crippen molar-refractivity contribution in [1.82, 2.24) is 9.97 Å². The molecule has 3 rings (SSSR count). The van der Waals surface area contributed by atoms with E-state index in [2.05, 4.69) is 9.97 Å². The van der Waals surface area contributed by atoms with Crippen LogP contribution in [0.3, 0.4) is 0 Å². The van der Waals surface area contributed by atoms with E-state index in [0.29, 0.717) is 16.4 Å². The number of rotatable bonds is 1. The van der Waals surface area contributed by atoms with Crippen molar-refractivity contribution in [3.05, 3.63) is 40.5 Å². The zero-order valence-corrected chi connectivity index (χ0v) is 10.6. The number of thiophene rings is 1. The summed E-state index contributed by atoms with van der Waals surface area (Å²) in [5.41, 5.74) is 6.12. The number of nitrogens with two attached hydrogens (primary N) is 1. The van der Waals surface area contributed by atoms with E-state index in [0.717, 1.165) is 10.2 Å². The van der Waals surface area contributed by atoms with Crippen LogP contribution in [0.1, 0.15) is 0 Å². The van der Waals surface area contributed by atoms with Crippen LogP contribution in [-0.2, 0) is 0 Å². The van der Waals surface area contributed by atoms with Crippen LogP contribution >= 0.6 is 22.9 Å². The molecule has 0 amide bonds. The van der Waals surface area contributed by atoms with Crippen molar-refractivity contribution in [2.45, 2.75) is 0 Å². The third kappa shape index (κ3) is 1.81. The fourth-order valence-electron chi connectivity index (χ4n) is 1.67. The second-order valence-electron chi connectivity index (χ2n) is 3.70. The summed E-state index contributed by atoms with van der Waals surface area (Å²) in [6.45, 7) is 0. The Morgan fingerprint density at radius 3 is 2.83 bits per heavy atom. The molecule has 0 saturated heterocycles. The van der Waals surface area contributed by atoms with Crippen molar-refractivity contribution in [1.29, 1.82) is 0 Å². The Balaban J connectivity index is 2.24. The molecule has 3 aromatic rings. The van der Waals surface area contributed by atoms with Crippen molar-refractivity contribution in [3.63, 3.8) is 0 Å². The largest absolute Gasteiger partial charge is 0.383 e. The second kappa shape index (κ2) is 4.19. The summed E-state index contributed by atoms with van der Waals surface area (Å²) < 4.78 is 13.8. The second-order valence-corrected chi connectivity index (χ2v) is 5.03. The molecule has 0 aliphatic carbocycles. The van der Waals surface area contributed by atoms with E-state index in [1.807, 2.05) is 11.4 Å². The number of nitrogens with zero attached hydrogens (tertiary/aromatic N) is 2. The molecule has 0 atom stereocenters. The zero-order valence-electron chi connectivity index (χ0n) is 9.02. The monoisotopic (exact) mass is 279 g/mol. The SMILES string of the molecule is Nc1nc(-c2ccc(Cl)cc2F)nc2sccc12. The summed E-state index contributed by atoms with van der Waals surface area (Å²) in [6.07, 6.45) is 0. The van der Waals surface area contributed by atoms with Crippen LogP contribution in [0.15, 0.2) is 29.6 Å². The molecule has 0 fully saturated rings. The predicted molar refractivity (Wildman–Crippen MR) is 72.2 cm³/mol. The minimum atomic E-state index is -0.460. The molecule has 2 N–H and O–H groups in total. The van der Waals surface area contributed by atoms with Gasteiger partial charge in [0.05, 0.1) is 10.9 Å². The van der Waals surface area contributed by atoms with Gasteiger partial charge in [0.1, 0.15) is 16.5 Å². The minimum absolute atomic E-state index is 0.275. The Morgan fingerprint density at radius 2 is 2.06 bits per heavy atom. The predicted octanol–water partition coefficient (Wildman–Crippen LogP) is 3.73. The minimum Gasteiger partial charge on any atom is -0.383 e. The van der Waals surface area contributed by atoms with Gasteiger partial charge in [0, 0.05) is 5.02 Å². The fraction of sp³-hybridized carbons (Fsp3) is 0. The van der Waals surface area contributed by atoms with Crippen LogP contribution in [0.25, 0.3) is 21.6 Å². The van der Waals surface area contributed by atoms with Crippen molar-refractivity contribution >= 4 is 39.0 Å². The van der Waals surface area contributed by atoms with Crippen LogP contribution in [0.4, 0.5) is 10.2 Å². The number of nitrogen functional groups attached to an aromatic ring is 1. The molecule has 0 spiro atoms. The lowest BCUT2D eigenvalue weighted by Gasteiger charge is -2.04. The number of hydrogen-bond acceptors (Lipinski definition) is 4. The Kier molecular flexibility index (Phi) is 2.65. The molecule has 0 saturated carbocycles. The molecule has 0 radical (unpaired) electrons. The third-order valence-electron chi connectivity index (χ3n) is 2.53. The lowest BCUT2D eigenvalue weighted by Crippen LogP contribution is -1.97. The van der Waals surface area contributed by atoms with Gasteiger partial charge < -0.3 is 5.73 Å². The first-order valence-corrected chi connectivity index (χ1v) is 6.37. The van der Waals surface area contributed by atoms with Crippen molar-refractivity contribution in [2.75, 3.05) is 5.73 Å². The van der Waals surface area contributed by atoms with Crippen molar-refractivity contribution in [2.24, 2.45) is 0 Å². The fourth-order valence-corrected chi connectivity index (χ4v) is 2.60. The van der Waals surface area contributed by atoms with Gasteiger partial charge in [0.25, 0.3) is 0 Å². The van der Waals surface area contributed by atoms with Crippen LogP contribution < -0.4 is 5.73 Å². The van der Waals surface area contributed by atoms with Crippen LogP contribution in [-0.4, -0.2) is 9.97 Å². The number of halogens is 2. The Morgan fingerprint density at radius 1 is 1.22 bits per heavy atom. The first kappa shape index (κ1) is 11.4. The van der Waals surface area contributed by atoms with E-state index in [1.165, 1.54) is 17.4 Å². The Hall–Kier alpha value is -1.72. The Bertz CT molecular complexity index is 741. The number of aromatic nitrogens is 2. The van der Waals surface area contributed by atoms with Gasteiger partial charge in [-0.1, -0.05) is 11.6 Å². The number of anilines is 1. The summed E-state index contributed by atoms with van der Waals surface area (Å²) in [7, 11) is 0. The van der Waals surface area contributed by atoms with Crippen LogP contribution in [0, 0.1) is 5.82 Å². The molecular weight excluding hydrogens is 273 g/mol. The average molecular weight is 280 g/mol. The molecule has 1 aromatic carbocycles. The molecule has 18 heavy (non-hydrogen) atoms. The molecule has 0 aliphatic heterocycles. The number of benzene rings is 1. The quantitative estimate of drug-likeness (QED) is 0.738. The highest BCUT2D eigenvalue weighted by molar-refractivity contribution is 7.16. The van der Waals surface area contributed by atoms with Crippen molar-refractivity contribution in [3.8, 4) is 11.4 Å². The van der Waals surface area contributed by atoms with Gasteiger partial charge in [0.15, 0.2) is 5.82 Å². The highest BCUT2D eigenvalue weighted by Gasteiger charge is 2.12. The van der Waals surface area contributed by atoms with Crippen LogP contribution in [0.2, 0.25) is 5.02 Å². The standard InChI is InChI=1S/C12H7ClFN3S/c13-6-1-2-7(9(14)5-6)11-16-10(15)8-3-4-18-12(8)17-11/h1-5H,(H2,15,16,17). The molecule has 0 unspecified atom stereocenters. The normalized spacial score (nSPS) is 11.0. The summed E-state index contributed by atoms with van der Waals surface area (Å²) >= 11 is 7.15. The van der Waals surface area contributed by atoms with Gasteiger partial charge in [0.2, 0.25) is 0 Å². The topological polar surface area (TPSA) is 51.8 Å². The first-order chi connectivity index (χ1) is 8.65. The maximum Gasteiger partial charge on any atom is 0.166 e. The molecule has 90 valence electrons. The maximum atomic E-state index is 13.8. The lowest BCUT2D eigenvalue weighted by atomic mass is 10.2. The highest BCUT2D eigenvalue weighted by Crippen LogP contribution is 2.28. The van der Waals surface area contributed by atoms with E-state index >= 15 is 0 Å². The summed E-state index contributed by atoms with van der Waals surface area (Å²) in [4.78, 5) is 9.17. The Labute approximate surface area is 111 Å². The van der Waals surface area contributed by atoms with E-state index in [9.17, 15) is 4.39 Å². The molecular formula is C12H7ClFN3S. The smallest absolute Gasteiger partial charge is 0.166 e. The van der Waals surface area contributed by atoms with E-state index in [1.54, 1.807) is 12.1 Å². The average Bonchev–Trinajstić information content (AvgIpc) is 2.77. The summed E-state index contributed by atoms with van der Waals surface area (Å²) in [5.74, 6) is 0.167. The molecule has 2 heterocycles. The molecule has 2 aromatic heterocycles. The maximum absolute atomic E-state index is 13.8. The lowest BCUT2D eigenvalue weighted by molar-refractivity contribution is 0.630. The van der Waals surface area contributed by atoms with Gasteiger partial charge in [-0.05, 0) is 29.6 Å². The number of fused-ring (bicyclic) bond motifs is 1. The molecule has 0 aliphatic rings. The molecule has 0 bridgehead atoms. The van der Waals surface area contributed by atoms with Crippen LogP contribution in [0.5, 0.6) is 0 Å². The summed E-state index contributed by atoms with van der Waals surface area (Å²) in [6, 6.07) is 6.22. The van der Waals surface area contributed by atoms with Gasteiger partial charge in [-0.15, -0.1) is 11.3 Å². The summed E-state index contributed by atoms with van der Waals surface area (Å²) in [5, 5.41) is 3.00. The zero-order chi connectivity index (χ0) is 12.7. The van der Waals surface area contributed by atoms with Gasteiger partial charge in [-0.25, -0.2) is 14.4 Å². The van der Waals surface area contributed by atoms with Gasteiger partial charge in [-0.3, -0.25) is 0 Å². The highest BCUT2D eigenvalue weighted by atomic mass is 35.5. The molecule has 6 heteroatoms. The van der Waals surface area contributed by atoms with Gasteiger partial charge >= 0.3 is 0 Å². The van der Waals surface area contributed by atoms with E-state index in [4.69, 9.17) is 17.3 Å². The number of hydrogen-bond donors (Lipinski definition) is 1.